The molecule has 4 heteroatoms. The van der Waals surface area contributed by atoms with Crippen molar-refractivity contribution < 1.29 is 4.74 Å². The Labute approximate surface area is 112 Å². The van der Waals surface area contributed by atoms with E-state index in [4.69, 9.17) is 4.74 Å². The van der Waals surface area contributed by atoms with Gasteiger partial charge in [0.25, 0.3) is 0 Å². The number of nitrogens with one attached hydrogen (secondary N) is 1. The Kier molecular flexibility index (Phi) is 5.71. The van der Waals surface area contributed by atoms with Crippen LogP contribution in [0.25, 0.3) is 0 Å². The van der Waals surface area contributed by atoms with Gasteiger partial charge < -0.3 is 9.64 Å². The molecule has 0 aromatic rings. The van der Waals surface area contributed by atoms with Crippen molar-refractivity contribution in [2.75, 3.05) is 32.8 Å². The Bertz CT molecular complexity index is 217. The van der Waals surface area contributed by atoms with E-state index >= 15 is 0 Å². The summed E-state index contributed by atoms with van der Waals surface area (Å²) in [5.74, 6) is 0.721. The number of rotatable bonds is 2. The first-order valence-corrected chi connectivity index (χ1v) is 6.68. The quantitative estimate of drug-likeness (QED) is 0.825. The zero-order chi connectivity index (χ0) is 11.6. The van der Waals surface area contributed by atoms with Crippen LogP contribution in [0.4, 0.5) is 0 Å². The topological polar surface area (TPSA) is 24.5 Å². The van der Waals surface area contributed by atoms with Crippen molar-refractivity contribution >= 4 is 12.4 Å². The van der Waals surface area contributed by atoms with Gasteiger partial charge in [0.2, 0.25) is 0 Å². The van der Waals surface area contributed by atoms with E-state index in [-0.39, 0.29) is 12.4 Å². The predicted molar refractivity (Wildman–Crippen MR) is 73.6 cm³/mol. The van der Waals surface area contributed by atoms with E-state index in [0.717, 1.165) is 19.1 Å². The molecule has 3 nitrogen and oxygen atoms in total. The van der Waals surface area contributed by atoms with Crippen molar-refractivity contribution in [3.8, 4) is 0 Å². The average molecular weight is 263 g/mol. The third kappa shape index (κ3) is 4.09. The summed E-state index contributed by atoms with van der Waals surface area (Å²) in [6.45, 7) is 12.4. The Balaban J connectivity index is 0.00000144. The highest BCUT2D eigenvalue weighted by Gasteiger charge is 2.33. The molecule has 0 spiro atoms. The van der Waals surface area contributed by atoms with E-state index in [1.165, 1.54) is 32.5 Å². The summed E-state index contributed by atoms with van der Waals surface area (Å²) in [6, 6.07) is 0. The molecule has 102 valence electrons. The lowest BCUT2D eigenvalue weighted by Gasteiger charge is -2.41. The monoisotopic (exact) mass is 262 g/mol. The van der Waals surface area contributed by atoms with Crippen molar-refractivity contribution in [3.05, 3.63) is 0 Å². The van der Waals surface area contributed by atoms with Gasteiger partial charge in [-0.05, 0) is 32.5 Å². The summed E-state index contributed by atoms with van der Waals surface area (Å²) in [6.07, 6.45) is 2.88. The zero-order valence-electron chi connectivity index (χ0n) is 11.4. The van der Waals surface area contributed by atoms with E-state index in [2.05, 4.69) is 31.0 Å². The van der Waals surface area contributed by atoms with Gasteiger partial charge in [-0.3, -0.25) is 5.32 Å². The summed E-state index contributed by atoms with van der Waals surface area (Å²) < 4.78 is 5.97. The van der Waals surface area contributed by atoms with E-state index in [0.29, 0.717) is 11.6 Å². The highest BCUT2D eigenvalue weighted by molar-refractivity contribution is 5.85. The van der Waals surface area contributed by atoms with Gasteiger partial charge >= 0.3 is 0 Å². The molecule has 2 rings (SSSR count). The van der Waals surface area contributed by atoms with Crippen LogP contribution in [0.2, 0.25) is 0 Å². The standard InChI is InChI=1S/C13H26N2O.ClH/c1-4-15-7-5-11(6-8-15)12-14-9-13(2,3)10-16-12;/h11-12,14H,4-10H2,1-3H3;1H. The van der Waals surface area contributed by atoms with Gasteiger partial charge in [-0.2, -0.15) is 0 Å². The highest BCUT2D eigenvalue weighted by atomic mass is 35.5. The smallest absolute Gasteiger partial charge is 0.111 e. The molecule has 0 saturated carbocycles. The molecule has 17 heavy (non-hydrogen) atoms. The Morgan fingerprint density at radius 3 is 2.41 bits per heavy atom. The number of nitrogens with zero attached hydrogens (tertiary/aromatic N) is 1. The minimum atomic E-state index is 0. The first-order valence-electron chi connectivity index (χ1n) is 6.68. The third-order valence-electron chi connectivity index (χ3n) is 3.94. The van der Waals surface area contributed by atoms with E-state index in [1.54, 1.807) is 0 Å². The van der Waals surface area contributed by atoms with Gasteiger partial charge in [0.1, 0.15) is 6.23 Å². The molecular formula is C13H27ClN2O. The molecule has 0 aromatic heterocycles. The van der Waals surface area contributed by atoms with Crippen LogP contribution in [0.1, 0.15) is 33.6 Å². The number of halogens is 1. The van der Waals surface area contributed by atoms with Crippen LogP contribution >= 0.6 is 12.4 Å². The van der Waals surface area contributed by atoms with Crippen LogP contribution in [0.15, 0.2) is 0 Å². The van der Waals surface area contributed by atoms with E-state index < -0.39 is 0 Å². The summed E-state index contributed by atoms with van der Waals surface area (Å²) in [5, 5.41) is 3.57. The molecule has 1 N–H and O–H groups in total. The zero-order valence-corrected chi connectivity index (χ0v) is 12.2. The van der Waals surface area contributed by atoms with Crippen molar-refractivity contribution in [2.45, 2.75) is 39.8 Å². The van der Waals surface area contributed by atoms with Crippen LogP contribution < -0.4 is 5.32 Å². The first-order chi connectivity index (χ1) is 7.61. The lowest BCUT2D eigenvalue weighted by Crippen LogP contribution is -2.52. The van der Waals surface area contributed by atoms with Crippen molar-refractivity contribution in [3.63, 3.8) is 0 Å². The molecule has 1 atom stereocenters. The van der Waals surface area contributed by atoms with Gasteiger partial charge in [-0.25, -0.2) is 0 Å². The molecule has 0 bridgehead atoms. The Morgan fingerprint density at radius 1 is 1.29 bits per heavy atom. The molecule has 1 unspecified atom stereocenters. The summed E-state index contributed by atoms with van der Waals surface area (Å²) in [5.41, 5.74) is 0.306. The van der Waals surface area contributed by atoms with Crippen molar-refractivity contribution in [1.29, 1.82) is 0 Å². The van der Waals surface area contributed by atoms with Gasteiger partial charge in [0.15, 0.2) is 0 Å². The lowest BCUT2D eigenvalue weighted by atomic mass is 9.89. The molecule has 2 fully saturated rings. The molecule has 0 radical (unpaired) electrons. The van der Waals surface area contributed by atoms with Crippen LogP contribution in [0.5, 0.6) is 0 Å². The first kappa shape index (κ1) is 15.2. The number of likely N-dealkylation sites (tertiary alicyclic amines) is 1. The number of piperidine rings is 1. The van der Waals surface area contributed by atoms with Gasteiger partial charge in [0.05, 0.1) is 6.61 Å². The minimum absolute atomic E-state index is 0. The van der Waals surface area contributed by atoms with E-state index in [9.17, 15) is 0 Å². The molecule has 2 aliphatic heterocycles. The molecule has 0 aliphatic carbocycles. The van der Waals surface area contributed by atoms with E-state index in [1.807, 2.05) is 0 Å². The summed E-state index contributed by atoms with van der Waals surface area (Å²) >= 11 is 0. The second-order valence-corrected chi connectivity index (χ2v) is 6.05. The van der Waals surface area contributed by atoms with Crippen molar-refractivity contribution in [1.82, 2.24) is 10.2 Å². The number of hydrogen-bond acceptors (Lipinski definition) is 3. The fourth-order valence-corrected chi connectivity index (χ4v) is 2.68. The molecule has 0 aromatic carbocycles. The number of hydrogen-bond donors (Lipinski definition) is 1. The SMILES string of the molecule is CCN1CCC(C2NCC(C)(C)CO2)CC1.Cl. The normalized spacial score (nSPS) is 30.9. The van der Waals surface area contributed by atoms with Gasteiger partial charge in [-0.1, -0.05) is 20.8 Å². The van der Waals surface area contributed by atoms with Gasteiger partial charge in [0, 0.05) is 17.9 Å². The fourth-order valence-electron chi connectivity index (χ4n) is 2.68. The number of ether oxygens (including phenoxy) is 1. The predicted octanol–water partition coefficient (Wildman–Crippen LogP) is 2.11. The fraction of sp³-hybridized carbons (Fsp3) is 1.00. The average Bonchev–Trinajstić information content (AvgIpc) is 2.29. The summed E-state index contributed by atoms with van der Waals surface area (Å²) in [7, 11) is 0. The van der Waals surface area contributed by atoms with Crippen LogP contribution in [0.3, 0.4) is 0 Å². The van der Waals surface area contributed by atoms with Crippen LogP contribution in [-0.2, 0) is 4.74 Å². The molecule has 2 aliphatic rings. The Morgan fingerprint density at radius 2 is 1.94 bits per heavy atom. The van der Waals surface area contributed by atoms with Gasteiger partial charge in [-0.15, -0.1) is 12.4 Å². The van der Waals surface area contributed by atoms with Crippen LogP contribution in [0, 0.1) is 11.3 Å². The minimum Gasteiger partial charge on any atom is -0.362 e. The molecular weight excluding hydrogens is 236 g/mol. The lowest BCUT2D eigenvalue weighted by molar-refractivity contribution is -0.0947. The second kappa shape index (κ2) is 6.37. The summed E-state index contributed by atoms with van der Waals surface area (Å²) in [4.78, 5) is 2.53. The maximum Gasteiger partial charge on any atom is 0.111 e. The largest absolute Gasteiger partial charge is 0.362 e. The molecule has 0 amide bonds. The third-order valence-corrected chi connectivity index (χ3v) is 3.94. The highest BCUT2D eigenvalue weighted by Crippen LogP contribution is 2.27. The Hall–Kier alpha value is 0.170. The maximum atomic E-state index is 5.97. The maximum absolute atomic E-state index is 5.97. The molecule has 2 saturated heterocycles. The second-order valence-electron chi connectivity index (χ2n) is 6.05. The molecule has 2 heterocycles. The van der Waals surface area contributed by atoms with Crippen LogP contribution in [-0.4, -0.2) is 43.9 Å². The van der Waals surface area contributed by atoms with Crippen molar-refractivity contribution in [2.24, 2.45) is 11.3 Å².